The van der Waals surface area contributed by atoms with E-state index in [4.69, 9.17) is 11.6 Å². The molecule has 0 aliphatic heterocycles. The van der Waals surface area contributed by atoms with Gasteiger partial charge in [0, 0.05) is 23.7 Å². The number of nitrogens with zero attached hydrogens (tertiary/aromatic N) is 2. The standard InChI is InChI=1S/C16H21ClN2O/c1-4-12(3)19-8-7-14(18-19)10-16(20)13-6-5-11(2)15(17)9-13/h5-9,12,16,20H,4,10H2,1-3H3. The summed E-state index contributed by atoms with van der Waals surface area (Å²) in [6.45, 7) is 6.22. The van der Waals surface area contributed by atoms with Gasteiger partial charge in [0.25, 0.3) is 0 Å². The predicted octanol–water partition coefficient (Wildman–Crippen LogP) is 4.09. The average Bonchev–Trinajstić information content (AvgIpc) is 2.89. The van der Waals surface area contributed by atoms with Gasteiger partial charge in [-0.15, -0.1) is 0 Å². The minimum atomic E-state index is -0.576. The van der Waals surface area contributed by atoms with E-state index in [0.29, 0.717) is 17.5 Å². The van der Waals surface area contributed by atoms with Gasteiger partial charge < -0.3 is 5.11 Å². The Morgan fingerprint density at radius 2 is 2.10 bits per heavy atom. The minimum Gasteiger partial charge on any atom is -0.388 e. The van der Waals surface area contributed by atoms with Crippen LogP contribution in [0.2, 0.25) is 5.02 Å². The van der Waals surface area contributed by atoms with Crippen LogP contribution in [0.4, 0.5) is 0 Å². The number of benzene rings is 1. The Balaban J connectivity index is 2.09. The molecule has 0 aliphatic carbocycles. The van der Waals surface area contributed by atoms with Crippen LogP contribution >= 0.6 is 11.6 Å². The number of aryl methyl sites for hydroxylation is 1. The van der Waals surface area contributed by atoms with Crippen molar-refractivity contribution in [1.29, 1.82) is 0 Å². The van der Waals surface area contributed by atoms with Crippen LogP contribution < -0.4 is 0 Å². The van der Waals surface area contributed by atoms with E-state index in [1.165, 1.54) is 0 Å². The van der Waals surface area contributed by atoms with E-state index in [9.17, 15) is 5.11 Å². The van der Waals surface area contributed by atoms with E-state index in [0.717, 1.165) is 23.2 Å². The number of hydrogen-bond acceptors (Lipinski definition) is 2. The fraction of sp³-hybridized carbons (Fsp3) is 0.438. The summed E-state index contributed by atoms with van der Waals surface area (Å²) in [4.78, 5) is 0. The van der Waals surface area contributed by atoms with Crippen LogP contribution in [0.15, 0.2) is 30.5 Å². The lowest BCUT2D eigenvalue weighted by molar-refractivity contribution is 0.177. The van der Waals surface area contributed by atoms with Gasteiger partial charge in [-0.25, -0.2) is 0 Å². The minimum absolute atomic E-state index is 0.384. The van der Waals surface area contributed by atoms with Gasteiger partial charge >= 0.3 is 0 Å². The third-order valence-corrected chi connectivity index (χ3v) is 4.10. The first-order valence-electron chi connectivity index (χ1n) is 6.99. The molecule has 0 spiro atoms. The molecule has 1 aromatic carbocycles. The zero-order valence-corrected chi connectivity index (χ0v) is 12.9. The van der Waals surface area contributed by atoms with Gasteiger partial charge in [-0.3, -0.25) is 4.68 Å². The van der Waals surface area contributed by atoms with Crippen LogP contribution in [0.1, 0.15) is 49.2 Å². The Hall–Kier alpha value is -1.32. The third-order valence-electron chi connectivity index (χ3n) is 3.69. The van der Waals surface area contributed by atoms with Crippen molar-refractivity contribution in [1.82, 2.24) is 9.78 Å². The zero-order chi connectivity index (χ0) is 14.7. The molecular formula is C16H21ClN2O. The molecule has 0 amide bonds. The first-order chi connectivity index (χ1) is 9.51. The molecule has 2 rings (SSSR count). The summed E-state index contributed by atoms with van der Waals surface area (Å²) in [7, 11) is 0. The molecule has 0 saturated heterocycles. The van der Waals surface area contributed by atoms with Gasteiger partial charge in [0.2, 0.25) is 0 Å². The molecule has 108 valence electrons. The molecule has 0 saturated carbocycles. The van der Waals surface area contributed by atoms with Crippen molar-refractivity contribution in [2.24, 2.45) is 0 Å². The van der Waals surface area contributed by atoms with Gasteiger partial charge in [0.15, 0.2) is 0 Å². The SMILES string of the molecule is CCC(C)n1ccc(CC(O)c2ccc(C)c(Cl)c2)n1. The van der Waals surface area contributed by atoms with Gasteiger partial charge in [-0.2, -0.15) is 5.10 Å². The topological polar surface area (TPSA) is 38.0 Å². The summed E-state index contributed by atoms with van der Waals surface area (Å²) in [5, 5.41) is 15.5. The monoisotopic (exact) mass is 292 g/mol. The van der Waals surface area contributed by atoms with E-state index >= 15 is 0 Å². The molecule has 1 N–H and O–H groups in total. The van der Waals surface area contributed by atoms with Crippen molar-refractivity contribution in [2.75, 3.05) is 0 Å². The van der Waals surface area contributed by atoms with Crippen LogP contribution in [0.3, 0.4) is 0 Å². The molecule has 20 heavy (non-hydrogen) atoms. The normalized spacial score (nSPS) is 14.2. The molecule has 0 aliphatic rings. The molecule has 0 bridgehead atoms. The predicted molar refractivity (Wildman–Crippen MR) is 82.1 cm³/mol. The van der Waals surface area contributed by atoms with Crippen LogP contribution in [0.5, 0.6) is 0 Å². The number of aliphatic hydroxyl groups is 1. The highest BCUT2D eigenvalue weighted by Crippen LogP contribution is 2.23. The summed E-state index contributed by atoms with van der Waals surface area (Å²) in [6.07, 6.45) is 2.94. The first-order valence-corrected chi connectivity index (χ1v) is 7.37. The van der Waals surface area contributed by atoms with Gasteiger partial charge in [0.05, 0.1) is 11.8 Å². The van der Waals surface area contributed by atoms with E-state index in [-0.39, 0.29) is 0 Å². The van der Waals surface area contributed by atoms with Crippen LogP contribution in [0, 0.1) is 6.92 Å². The van der Waals surface area contributed by atoms with E-state index in [1.807, 2.05) is 42.1 Å². The number of hydrogen-bond donors (Lipinski definition) is 1. The Morgan fingerprint density at radius 3 is 2.75 bits per heavy atom. The zero-order valence-electron chi connectivity index (χ0n) is 12.2. The van der Waals surface area contributed by atoms with Crippen molar-refractivity contribution in [3.8, 4) is 0 Å². The Bertz CT molecular complexity index is 580. The lowest BCUT2D eigenvalue weighted by Crippen LogP contribution is -2.07. The maximum atomic E-state index is 10.3. The highest BCUT2D eigenvalue weighted by molar-refractivity contribution is 6.31. The second-order valence-electron chi connectivity index (χ2n) is 5.27. The summed E-state index contributed by atoms with van der Waals surface area (Å²) in [5.41, 5.74) is 2.75. The summed E-state index contributed by atoms with van der Waals surface area (Å²) < 4.78 is 1.95. The van der Waals surface area contributed by atoms with E-state index < -0.39 is 6.10 Å². The Labute approximate surface area is 125 Å². The van der Waals surface area contributed by atoms with E-state index in [1.54, 1.807) is 0 Å². The Kier molecular flexibility index (Phi) is 4.84. The summed E-state index contributed by atoms with van der Waals surface area (Å²) in [6, 6.07) is 8.02. The van der Waals surface area contributed by atoms with E-state index in [2.05, 4.69) is 18.9 Å². The second-order valence-corrected chi connectivity index (χ2v) is 5.68. The maximum absolute atomic E-state index is 10.3. The molecule has 3 nitrogen and oxygen atoms in total. The molecule has 0 radical (unpaired) electrons. The first kappa shape index (κ1) is 15.1. The molecule has 4 heteroatoms. The molecular weight excluding hydrogens is 272 g/mol. The largest absolute Gasteiger partial charge is 0.388 e. The summed E-state index contributed by atoms with van der Waals surface area (Å²) >= 11 is 6.09. The van der Waals surface area contributed by atoms with Crippen molar-refractivity contribution < 1.29 is 5.11 Å². The molecule has 2 unspecified atom stereocenters. The van der Waals surface area contributed by atoms with Crippen molar-refractivity contribution in [3.05, 3.63) is 52.3 Å². The van der Waals surface area contributed by atoms with Gasteiger partial charge in [-0.1, -0.05) is 30.7 Å². The smallest absolute Gasteiger partial charge is 0.0846 e. The lowest BCUT2D eigenvalue weighted by atomic mass is 10.0. The van der Waals surface area contributed by atoms with Crippen LogP contribution in [0.25, 0.3) is 0 Å². The fourth-order valence-corrected chi connectivity index (χ4v) is 2.24. The van der Waals surface area contributed by atoms with Crippen molar-refractivity contribution >= 4 is 11.6 Å². The van der Waals surface area contributed by atoms with Crippen LogP contribution in [-0.4, -0.2) is 14.9 Å². The van der Waals surface area contributed by atoms with Gasteiger partial charge in [-0.05, 0) is 43.5 Å². The molecule has 1 aromatic heterocycles. The van der Waals surface area contributed by atoms with Crippen molar-refractivity contribution in [3.63, 3.8) is 0 Å². The van der Waals surface area contributed by atoms with Gasteiger partial charge in [0.1, 0.15) is 0 Å². The van der Waals surface area contributed by atoms with Crippen molar-refractivity contribution in [2.45, 2.75) is 45.8 Å². The fourth-order valence-electron chi connectivity index (χ4n) is 2.05. The quantitative estimate of drug-likeness (QED) is 0.901. The third kappa shape index (κ3) is 3.41. The highest BCUT2D eigenvalue weighted by atomic mass is 35.5. The number of aliphatic hydroxyl groups excluding tert-OH is 1. The number of aromatic nitrogens is 2. The molecule has 2 atom stereocenters. The maximum Gasteiger partial charge on any atom is 0.0846 e. The molecule has 0 fully saturated rings. The molecule has 1 heterocycles. The number of rotatable bonds is 5. The second kappa shape index (κ2) is 6.42. The average molecular weight is 293 g/mol. The molecule has 2 aromatic rings. The number of halogens is 1. The summed E-state index contributed by atoms with van der Waals surface area (Å²) in [5.74, 6) is 0. The van der Waals surface area contributed by atoms with Crippen LogP contribution in [-0.2, 0) is 6.42 Å². The Morgan fingerprint density at radius 1 is 1.35 bits per heavy atom. The highest BCUT2D eigenvalue weighted by Gasteiger charge is 2.12. The lowest BCUT2D eigenvalue weighted by Gasteiger charge is -2.11.